The number of likely N-dealkylation sites (N-methyl/N-ethyl adjacent to an activating group) is 1. The van der Waals surface area contributed by atoms with Crippen LogP contribution in [0.2, 0.25) is 0 Å². The van der Waals surface area contributed by atoms with Gasteiger partial charge in [-0.1, -0.05) is 0 Å². The van der Waals surface area contributed by atoms with Crippen LogP contribution >= 0.6 is 27.3 Å². The molecule has 0 radical (unpaired) electrons. The summed E-state index contributed by atoms with van der Waals surface area (Å²) in [5.41, 5.74) is 0. The molecule has 0 spiro atoms. The Morgan fingerprint density at radius 1 is 1.45 bits per heavy atom. The smallest absolute Gasteiger partial charge is 0.242 e. The minimum Gasteiger partial charge on any atom is -0.309 e. The molecule has 5 nitrogen and oxygen atoms in total. The highest BCUT2D eigenvalue weighted by Gasteiger charge is 2.23. The zero-order valence-electron chi connectivity index (χ0n) is 11.6. The van der Waals surface area contributed by atoms with E-state index >= 15 is 0 Å². The predicted molar refractivity (Wildman–Crippen MR) is 85.6 cm³/mol. The predicted octanol–water partition coefficient (Wildman–Crippen LogP) is 1.60. The molecule has 0 bridgehead atoms. The molecule has 0 aromatic carbocycles. The molecule has 1 aromatic heterocycles. The zero-order valence-corrected chi connectivity index (χ0v) is 14.9. The number of nitrogens with zero attached hydrogens (tertiary/aromatic N) is 1. The molecule has 20 heavy (non-hydrogen) atoms. The van der Waals surface area contributed by atoms with E-state index in [1.165, 1.54) is 24.2 Å². The lowest BCUT2D eigenvalue weighted by Crippen LogP contribution is -2.31. The molecule has 1 aliphatic rings. The van der Waals surface area contributed by atoms with Crippen molar-refractivity contribution in [2.75, 3.05) is 27.2 Å². The standard InChI is InChI=1S/C12H20BrN3O2S2/c1-16(2)6-5-15-20(17,18)11-7-10(19-12(11)13)8-14-9-3-4-9/h7,9,14-15H,3-6,8H2,1-2H3. The Balaban J connectivity index is 1.98. The average Bonchev–Trinajstić information content (AvgIpc) is 3.08. The number of hydrogen-bond acceptors (Lipinski definition) is 5. The Bertz CT molecular complexity index is 553. The topological polar surface area (TPSA) is 61.4 Å². The summed E-state index contributed by atoms with van der Waals surface area (Å²) < 4.78 is 27.7. The van der Waals surface area contributed by atoms with Crippen LogP contribution in [0.25, 0.3) is 0 Å². The minimum absolute atomic E-state index is 0.342. The second-order valence-electron chi connectivity index (χ2n) is 5.21. The van der Waals surface area contributed by atoms with Crippen molar-refractivity contribution in [1.82, 2.24) is 14.9 Å². The van der Waals surface area contributed by atoms with Gasteiger partial charge >= 0.3 is 0 Å². The first kappa shape index (κ1) is 16.4. The normalized spacial score (nSPS) is 16.0. The van der Waals surface area contributed by atoms with Gasteiger partial charge in [-0.05, 0) is 48.9 Å². The summed E-state index contributed by atoms with van der Waals surface area (Å²) in [6.07, 6.45) is 2.45. The first-order chi connectivity index (χ1) is 9.38. The lowest BCUT2D eigenvalue weighted by Gasteiger charge is -2.10. The fourth-order valence-electron chi connectivity index (χ4n) is 1.68. The van der Waals surface area contributed by atoms with E-state index in [9.17, 15) is 8.42 Å². The maximum atomic E-state index is 12.2. The van der Waals surface area contributed by atoms with Crippen molar-refractivity contribution in [3.05, 3.63) is 14.7 Å². The van der Waals surface area contributed by atoms with Crippen molar-refractivity contribution in [2.24, 2.45) is 0 Å². The van der Waals surface area contributed by atoms with Gasteiger partial charge in [0.25, 0.3) is 0 Å². The van der Waals surface area contributed by atoms with E-state index in [2.05, 4.69) is 26.0 Å². The van der Waals surface area contributed by atoms with Crippen molar-refractivity contribution < 1.29 is 8.42 Å². The minimum atomic E-state index is -3.43. The maximum Gasteiger partial charge on any atom is 0.242 e. The fraction of sp³-hybridized carbons (Fsp3) is 0.667. The number of sulfonamides is 1. The van der Waals surface area contributed by atoms with Crippen molar-refractivity contribution in [1.29, 1.82) is 0 Å². The van der Waals surface area contributed by atoms with E-state index in [0.29, 0.717) is 27.8 Å². The largest absolute Gasteiger partial charge is 0.309 e. The van der Waals surface area contributed by atoms with E-state index < -0.39 is 10.0 Å². The molecule has 0 atom stereocenters. The van der Waals surface area contributed by atoms with E-state index in [4.69, 9.17) is 0 Å². The Kier molecular flexibility index (Phi) is 5.61. The van der Waals surface area contributed by atoms with Crippen LogP contribution in [0.1, 0.15) is 17.7 Å². The van der Waals surface area contributed by atoms with Crippen LogP contribution in [0.15, 0.2) is 14.7 Å². The summed E-state index contributed by atoms with van der Waals surface area (Å²) in [6.45, 7) is 1.82. The first-order valence-corrected chi connectivity index (χ1v) is 9.64. The van der Waals surface area contributed by atoms with Gasteiger partial charge in [0.15, 0.2) is 0 Å². The van der Waals surface area contributed by atoms with Crippen LogP contribution in [0.5, 0.6) is 0 Å². The molecule has 1 fully saturated rings. The van der Waals surface area contributed by atoms with E-state index in [1.807, 2.05) is 19.0 Å². The summed E-state index contributed by atoms with van der Waals surface area (Å²) in [5, 5.41) is 3.39. The van der Waals surface area contributed by atoms with E-state index in [-0.39, 0.29) is 0 Å². The lowest BCUT2D eigenvalue weighted by molar-refractivity contribution is 0.412. The number of thiophene rings is 1. The highest BCUT2D eigenvalue weighted by atomic mass is 79.9. The Morgan fingerprint density at radius 3 is 2.75 bits per heavy atom. The number of hydrogen-bond donors (Lipinski definition) is 2. The maximum absolute atomic E-state index is 12.2. The number of nitrogens with one attached hydrogen (secondary N) is 2. The van der Waals surface area contributed by atoms with Crippen LogP contribution < -0.4 is 10.0 Å². The summed E-state index contributed by atoms with van der Waals surface area (Å²) >= 11 is 4.83. The Labute approximate surface area is 132 Å². The van der Waals surface area contributed by atoms with Gasteiger partial charge in [-0.2, -0.15) is 0 Å². The molecule has 2 rings (SSSR count). The monoisotopic (exact) mass is 381 g/mol. The Hall–Kier alpha value is 0.01000. The molecule has 8 heteroatoms. The average molecular weight is 382 g/mol. The first-order valence-electron chi connectivity index (χ1n) is 6.54. The van der Waals surface area contributed by atoms with Gasteiger partial charge < -0.3 is 10.2 Å². The third-order valence-corrected chi connectivity index (χ3v) is 6.70. The molecule has 0 aliphatic heterocycles. The molecule has 1 aromatic rings. The second-order valence-corrected chi connectivity index (χ2v) is 9.40. The molecule has 0 saturated heterocycles. The van der Waals surface area contributed by atoms with E-state index in [1.54, 1.807) is 6.07 Å². The highest BCUT2D eigenvalue weighted by Crippen LogP contribution is 2.32. The van der Waals surface area contributed by atoms with Gasteiger partial charge in [0, 0.05) is 30.6 Å². The SMILES string of the molecule is CN(C)CCNS(=O)(=O)c1cc(CNC2CC2)sc1Br. The van der Waals surface area contributed by atoms with Crippen LogP contribution in [0.4, 0.5) is 0 Å². The second kappa shape index (κ2) is 6.85. The number of halogens is 1. The van der Waals surface area contributed by atoms with Crippen LogP contribution in [0, 0.1) is 0 Å². The van der Waals surface area contributed by atoms with Crippen LogP contribution in [-0.2, 0) is 16.6 Å². The molecule has 1 aliphatic carbocycles. The van der Waals surface area contributed by atoms with Gasteiger partial charge in [0.2, 0.25) is 10.0 Å². The molecule has 0 amide bonds. The van der Waals surface area contributed by atoms with Crippen LogP contribution in [-0.4, -0.2) is 46.5 Å². The van der Waals surface area contributed by atoms with Crippen LogP contribution in [0.3, 0.4) is 0 Å². The molecule has 114 valence electrons. The Morgan fingerprint density at radius 2 is 2.15 bits per heavy atom. The highest BCUT2D eigenvalue weighted by molar-refractivity contribution is 9.11. The molecule has 1 saturated carbocycles. The lowest BCUT2D eigenvalue weighted by atomic mass is 10.4. The molecular weight excluding hydrogens is 362 g/mol. The van der Waals surface area contributed by atoms with Gasteiger partial charge in [0.1, 0.15) is 4.90 Å². The van der Waals surface area contributed by atoms with Gasteiger partial charge in [-0.25, -0.2) is 13.1 Å². The van der Waals surface area contributed by atoms with Gasteiger partial charge in [-0.15, -0.1) is 11.3 Å². The summed E-state index contributed by atoms with van der Waals surface area (Å²) in [5.74, 6) is 0. The summed E-state index contributed by atoms with van der Waals surface area (Å²) in [7, 11) is 0.397. The molecule has 2 N–H and O–H groups in total. The van der Waals surface area contributed by atoms with E-state index in [0.717, 1.165) is 11.4 Å². The fourth-order valence-corrected chi connectivity index (χ4v) is 5.33. The third-order valence-electron chi connectivity index (χ3n) is 2.99. The van der Waals surface area contributed by atoms with Crippen molar-refractivity contribution in [3.63, 3.8) is 0 Å². The van der Waals surface area contributed by atoms with Crippen molar-refractivity contribution >= 4 is 37.3 Å². The van der Waals surface area contributed by atoms with Crippen molar-refractivity contribution in [3.8, 4) is 0 Å². The zero-order chi connectivity index (χ0) is 14.8. The molecular formula is C12H20BrN3O2S2. The van der Waals surface area contributed by atoms with Gasteiger partial charge in [-0.3, -0.25) is 0 Å². The molecule has 0 unspecified atom stereocenters. The number of rotatable bonds is 8. The molecule has 1 heterocycles. The quantitative estimate of drug-likeness (QED) is 0.717. The summed E-state index contributed by atoms with van der Waals surface area (Å²) in [4.78, 5) is 3.32. The summed E-state index contributed by atoms with van der Waals surface area (Å²) in [6, 6.07) is 2.37. The van der Waals surface area contributed by atoms with Gasteiger partial charge in [0.05, 0.1) is 3.79 Å². The third kappa shape index (κ3) is 4.78. The van der Waals surface area contributed by atoms with Crippen molar-refractivity contribution in [2.45, 2.75) is 30.3 Å².